The zero-order chi connectivity index (χ0) is 22.9. The van der Waals surface area contributed by atoms with Gasteiger partial charge in [0, 0.05) is 71.3 Å². The van der Waals surface area contributed by atoms with Crippen molar-refractivity contribution < 1.29 is 4.74 Å². The topological polar surface area (TPSA) is 68.8 Å². The van der Waals surface area contributed by atoms with Gasteiger partial charge in [0.2, 0.25) is 5.95 Å². The second-order valence-corrected chi connectivity index (χ2v) is 8.90. The van der Waals surface area contributed by atoms with Gasteiger partial charge >= 0.3 is 0 Å². The van der Waals surface area contributed by atoms with E-state index >= 15 is 0 Å². The highest BCUT2D eigenvalue weighted by Crippen LogP contribution is 2.26. The molecule has 8 nitrogen and oxygen atoms in total. The summed E-state index contributed by atoms with van der Waals surface area (Å²) in [6.07, 6.45) is 4.59. The van der Waals surface area contributed by atoms with Crippen molar-refractivity contribution in [3.05, 3.63) is 36.4 Å². The molecule has 0 bridgehead atoms. The summed E-state index contributed by atoms with van der Waals surface area (Å²) in [4.78, 5) is 16.8. The van der Waals surface area contributed by atoms with E-state index in [1.54, 1.807) is 7.11 Å². The predicted molar refractivity (Wildman–Crippen MR) is 140 cm³/mol. The first-order valence-corrected chi connectivity index (χ1v) is 12.4. The van der Waals surface area contributed by atoms with E-state index in [9.17, 15) is 0 Å². The Bertz CT molecular complexity index is 884. The molecule has 0 spiro atoms. The summed E-state index contributed by atoms with van der Waals surface area (Å²) in [5.41, 5.74) is 1.28. The lowest BCUT2D eigenvalue weighted by Crippen LogP contribution is -2.47. The minimum absolute atomic E-state index is 0.543. The second kappa shape index (κ2) is 12.0. The molecule has 2 aliphatic heterocycles. The summed E-state index contributed by atoms with van der Waals surface area (Å²) >= 11 is 5.48. The maximum absolute atomic E-state index is 5.48. The van der Waals surface area contributed by atoms with Crippen molar-refractivity contribution >= 4 is 40.6 Å². The van der Waals surface area contributed by atoms with Gasteiger partial charge in [-0.3, -0.25) is 0 Å². The Balaban J connectivity index is 1.45. The van der Waals surface area contributed by atoms with Crippen LogP contribution < -0.4 is 25.3 Å². The molecule has 1 aromatic carbocycles. The molecule has 9 heteroatoms. The number of anilines is 4. The number of benzene rings is 1. The van der Waals surface area contributed by atoms with Gasteiger partial charge in [-0.25, -0.2) is 0 Å². The Hall–Kier alpha value is -2.65. The largest absolute Gasteiger partial charge is 0.385 e. The zero-order valence-electron chi connectivity index (χ0n) is 19.5. The number of nitrogens with one attached hydrogen (secondary N) is 2. The van der Waals surface area contributed by atoms with Gasteiger partial charge in [0.05, 0.1) is 0 Å². The minimum Gasteiger partial charge on any atom is -0.385 e. The normalized spacial score (nSPS) is 16.6. The molecular formula is C24H35N7OS. The molecule has 2 N–H and O–H groups in total. The van der Waals surface area contributed by atoms with Crippen LogP contribution in [0.4, 0.5) is 23.3 Å². The van der Waals surface area contributed by atoms with Gasteiger partial charge in [-0.1, -0.05) is 18.2 Å². The third-order valence-corrected chi connectivity index (χ3v) is 6.39. The van der Waals surface area contributed by atoms with Gasteiger partial charge < -0.3 is 30.1 Å². The van der Waals surface area contributed by atoms with Gasteiger partial charge in [-0.2, -0.15) is 9.97 Å². The molecule has 2 aromatic rings. The number of aromatic nitrogens is 2. The van der Waals surface area contributed by atoms with Gasteiger partial charge in [0.15, 0.2) is 5.11 Å². The molecule has 0 atom stereocenters. The first-order valence-electron chi connectivity index (χ1n) is 12.0. The lowest BCUT2D eigenvalue weighted by Gasteiger charge is -2.37. The first-order chi connectivity index (χ1) is 16.2. The van der Waals surface area contributed by atoms with E-state index in [-0.39, 0.29) is 0 Å². The summed E-state index contributed by atoms with van der Waals surface area (Å²) in [5, 5.41) is 6.96. The van der Waals surface area contributed by atoms with Crippen LogP contribution in [0.5, 0.6) is 0 Å². The van der Waals surface area contributed by atoms with Crippen LogP contribution in [0.25, 0.3) is 0 Å². The molecule has 4 rings (SSSR count). The lowest BCUT2D eigenvalue weighted by atomic mass is 10.1. The van der Waals surface area contributed by atoms with Crippen molar-refractivity contribution in [1.82, 2.24) is 15.3 Å². The summed E-state index contributed by atoms with van der Waals surface area (Å²) in [6, 6.07) is 12.8. The number of para-hydroxylation sites is 1. The molecule has 2 aliphatic rings. The number of thiocarbonyl (C=S) groups is 1. The van der Waals surface area contributed by atoms with Gasteiger partial charge in [-0.05, 0) is 50.0 Å². The van der Waals surface area contributed by atoms with Crippen molar-refractivity contribution in [2.24, 2.45) is 0 Å². The van der Waals surface area contributed by atoms with Crippen molar-refractivity contribution in [3.8, 4) is 0 Å². The van der Waals surface area contributed by atoms with Crippen LogP contribution >= 0.6 is 12.2 Å². The molecule has 178 valence electrons. The van der Waals surface area contributed by atoms with Crippen LogP contribution in [0.3, 0.4) is 0 Å². The number of hydrogen-bond acceptors (Lipinski definition) is 7. The van der Waals surface area contributed by atoms with Gasteiger partial charge in [0.25, 0.3) is 0 Å². The fraction of sp³-hybridized carbons (Fsp3) is 0.542. The maximum Gasteiger partial charge on any atom is 0.232 e. The molecular weight excluding hydrogens is 434 g/mol. The Morgan fingerprint density at radius 3 is 2.21 bits per heavy atom. The zero-order valence-corrected chi connectivity index (χ0v) is 20.3. The van der Waals surface area contributed by atoms with Crippen LogP contribution in [0, 0.1) is 0 Å². The summed E-state index contributed by atoms with van der Waals surface area (Å²) in [7, 11) is 1.71. The van der Waals surface area contributed by atoms with Crippen molar-refractivity contribution in [3.63, 3.8) is 0 Å². The number of hydrogen-bond donors (Lipinski definition) is 2. The summed E-state index contributed by atoms with van der Waals surface area (Å²) in [6.45, 7) is 7.31. The third kappa shape index (κ3) is 6.68. The number of piperazine rings is 1. The molecule has 0 unspecified atom stereocenters. The minimum atomic E-state index is 0.543. The van der Waals surface area contributed by atoms with Crippen molar-refractivity contribution in [1.29, 1.82) is 0 Å². The van der Waals surface area contributed by atoms with E-state index in [0.717, 1.165) is 63.9 Å². The number of piperidine rings is 1. The van der Waals surface area contributed by atoms with Crippen LogP contribution in [0.2, 0.25) is 0 Å². The SMILES string of the molecule is COCCCNC(=S)Nc1nc(N2CCCCC2)cc(N2CCN(c3ccccc3)CC2)n1. The summed E-state index contributed by atoms with van der Waals surface area (Å²) in [5.74, 6) is 2.50. The Morgan fingerprint density at radius 1 is 0.909 bits per heavy atom. The molecule has 33 heavy (non-hydrogen) atoms. The highest BCUT2D eigenvalue weighted by atomic mass is 32.1. The number of methoxy groups -OCH3 is 1. The molecule has 0 radical (unpaired) electrons. The number of rotatable bonds is 8. The molecule has 2 fully saturated rings. The quantitative estimate of drug-likeness (QED) is 0.448. The highest BCUT2D eigenvalue weighted by molar-refractivity contribution is 7.80. The molecule has 0 aliphatic carbocycles. The van der Waals surface area contributed by atoms with Crippen LogP contribution in [0.15, 0.2) is 36.4 Å². The molecule has 0 saturated carbocycles. The van der Waals surface area contributed by atoms with E-state index in [1.165, 1.54) is 24.9 Å². The fourth-order valence-corrected chi connectivity index (χ4v) is 4.52. The second-order valence-electron chi connectivity index (χ2n) is 8.49. The van der Waals surface area contributed by atoms with E-state index in [0.29, 0.717) is 17.7 Å². The lowest BCUT2D eigenvalue weighted by molar-refractivity contribution is 0.196. The molecule has 2 saturated heterocycles. The number of ether oxygens (including phenoxy) is 1. The molecule has 3 heterocycles. The smallest absolute Gasteiger partial charge is 0.232 e. The van der Waals surface area contributed by atoms with E-state index in [2.05, 4.69) is 61.7 Å². The van der Waals surface area contributed by atoms with Crippen LogP contribution in [0.1, 0.15) is 25.7 Å². The maximum atomic E-state index is 5.48. The molecule has 1 aromatic heterocycles. The van der Waals surface area contributed by atoms with Gasteiger partial charge in [0.1, 0.15) is 11.6 Å². The first kappa shape index (κ1) is 23.5. The Labute approximate surface area is 202 Å². The molecule has 0 amide bonds. The van der Waals surface area contributed by atoms with Crippen LogP contribution in [-0.4, -0.2) is 74.6 Å². The van der Waals surface area contributed by atoms with Crippen molar-refractivity contribution in [2.45, 2.75) is 25.7 Å². The number of nitrogens with zero attached hydrogens (tertiary/aromatic N) is 5. The monoisotopic (exact) mass is 469 g/mol. The average Bonchev–Trinajstić information content (AvgIpc) is 2.87. The Morgan fingerprint density at radius 2 is 1.55 bits per heavy atom. The van der Waals surface area contributed by atoms with Crippen LogP contribution in [-0.2, 0) is 4.74 Å². The Kier molecular flexibility index (Phi) is 8.54. The predicted octanol–water partition coefficient (Wildman–Crippen LogP) is 3.12. The summed E-state index contributed by atoms with van der Waals surface area (Å²) < 4.78 is 5.10. The van der Waals surface area contributed by atoms with E-state index in [1.807, 2.05) is 0 Å². The van der Waals surface area contributed by atoms with Crippen molar-refractivity contribution in [2.75, 3.05) is 79.5 Å². The standard InChI is InChI=1S/C24H35N7OS/c1-32-18-8-11-25-24(33)28-23-26-21(30-12-6-3-7-13-30)19-22(27-23)31-16-14-29(15-17-31)20-9-4-2-5-10-20/h2,4-5,9-10,19H,3,6-8,11-18H2,1H3,(H2,25,26,27,28,33). The third-order valence-electron chi connectivity index (χ3n) is 6.14. The fourth-order valence-electron chi connectivity index (χ4n) is 4.32. The van der Waals surface area contributed by atoms with Gasteiger partial charge in [-0.15, -0.1) is 0 Å². The van der Waals surface area contributed by atoms with E-state index < -0.39 is 0 Å². The average molecular weight is 470 g/mol. The highest BCUT2D eigenvalue weighted by Gasteiger charge is 2.22. The van der Waals surface area contributed by atoms with E-state index in [4.69, 9.17) is 26.9 Å².